The first-order chi connectivity index (χ1) is 11.4. The highest BCUT2D eigenvalue weighted by atomic mass is 79.9. The Labute approximate surface area is 163 Å². The van der Waals surface area contributed by atoms with Crippen LogP contribution >= 0.6 is 55.2 Å². The number of carbonyl (C=O) groups is 2. The second-order valence-electron chi connectivity index (χ2n) is 4.82. The number of phenolic OH excluding ortho intramolecular Hbond substituents is 1. The third-order valence-electron chi connectivity index (χ3n) is 3.20. The lowest BCUT2D eigenvalue weighted by atomic mass is 10.2. The third kappa shape index (κ3) is 3.39. The van der Waals surface area contributed by atoms with E-state index in [0.717, 1.165) is 21.1 Å². The van der Waals surface area contributed by atoms with Gasteiger partial charge in [-0.3, -0.25) is 9.59 Å². The fraction of sp³-hybridized carbons (Fsp3) is 0. The van der Waals surface area contributed by atoms with Gasteiger partial charge in [0.2, 0.25) is 0 Å². The van der Waals surface area contributed by atoms with Crippen molar-refractivity contribution in [2.45, 2.75) is 0 Å². The van der Waals surface area contributed by atoms with Crippen LogP contribution in [0.5, 0.6) is 5.75 Å². The number of phenols is 1. The standard InChI is InChI=1S/C16H8Br2ClNO3S/c17-9-4-8(14(21)12(18)6-9)5-13-15(22)20(16(23)24-13)11-3-1-2-10(19)7-11/h1-7,21H/b13-5+. The molecule has 0 aliphatic carbocycles. The Hall–Kier alpha value is -1.28. The first-order valence-corrected chi connectivity index (χ1v) is 9.36. The van der Waals surface area contributed by atoms with Crippen LogP contribution in [0.3, 0.4) is 0 Å². The molecule has 0 spiro atoms. The van der Waals surface area contributed by atoms with Gasteiger partial charge in [-0.2, -0.15) is 0 Å². The summed E-state index contributed by atoms with van der Waals surface area (Å²) in [6, 6.07) is 9.86. The van der Waals surface area contributed by atoms with Gasteiger partial charge in [-0.15, -0.1) is 0 Å². The molecule has 0 saturated carbocycles. The number of carbonyl (C=O) groups excluding carboxylic acids is 2. The first kappa shape index (κ1) is 17.5. The third-order valence-corrected chi connectivity index (χ3v) is 5.37. The van der Waals surface area contributed by atoms with Crippen molar-refractivity contribution in [2.24, 2.45) is 0 Å². The minimum atomic E-state index is -0.456. The largest absolute Gasteiger partial charge is 0.506 e. The van der Waals surface area contributed by atoms with Crippen molar-refractivity contribution in [1.29, 1.82) is 0 Å². The van der Waals surface area contributed by atoms with E-state index in [1.54, 1.807) is 36.4 Å². The Morgan fingerprint density at radius 1 is 1.17 bits per heavy atom. The summed E-state index contributed by atoms with van der Waals surface area (Å²) >= 11 is 13.3. The Balaban J connectivity index is 2.00. The molecule has 1 heterocycles. The van der Waals surface area contributed by atoms with Crippen molar-refractivity contribution in [3.8, 4) is 5.75 Å². The number of hydrogen-bond acceptors (Lipinski definition) is 4. The summed E-state index contributed by atoms with van der Waals surface area (Å²) in [5.74, 6) is -0.462. The number of rotatable bonds is 2. The Bertz CT molecular complexity index is 901. The molecular weight excluding hydrogens is 482 g/mol. The van der Waals surface area contributed by atoms with Gasteiger partial charge < -0.3 is 5.11 Å². The van der Waals surface area contributed by atoms with Gasteiger partial charge in [0, 0.05) is 15.1 Å². The quantitative estimate of drug-likeness (QED) is 0.541. The van der Waals surface area contributed by atoms with E-state index < -0.39 is 11.1 Å². The highest BCUT2D eigenvalue weighted by Gasteiger charge is 2.36. The molecule has 1 fully saturated rings. The Morgan fingerprint density at radius 2 is 1.92 bits per heavy atom. The van der Waals surface area contributed by atoms with Gasteiger partial charge in [0.05, 0.1) is 15.1 Å². The SMILES string of the molecule is O=C1S/C(=C/c2cc(Br)cc(Br)c2O)C(=O)N1c1cccc(Cl)c1. The fourth-order valence-corrected chi connectivity index (χ4v) is 4.42. The molecule has 8 heteroatoms. The number of halogens is 3. The number of anilines is 1. The fourth-order valence-electron chi connectivity index (χ4n) is 2.14. The van der Waals surface area contributed by atoms with E-state index in [1.165, 1.54) is 6.08 Å². The predicted octanol–water partition coefficient (Wildman–Crippen LogP) is 5.81. The number of amides is 2. The van der Waals surface area contributed by atoms with Crippen LogP contribution < -0.4 is 4.90 Å². The molecule has 1 aliphatic heterocycles. The monoisotopic (exact) mass is 487 g/mol. The molecule has 122 valence electrons. The molecule has 2 amide bonds. The van der Waals surface area contributed by atoms with Crippen LogP contribution in [0.2, 0.25) is 5.02 Å². The summed E-state index contributed by atoms with van der Waals surface area (Å²) in [5.41, 5.74) is 0.834. The molecule has 1 saturated heterocycles. The summed E-state index contributed by atoms with van der Waals surface area (Å²) in [4.78, 5) is 26.1. The smallest absolute Gasteiger partial charge is 0.298 e. The topological polar surface area (TPSA) is 57.6 Å². The van der Waals surface area contributed by atoms with Crippen LogP contribution in [-0.4, -0.2) is 16.3 Å². The van der Waals surface area contributed by atoms with Crippen LogP contribution in [0, 0.1) is 0 Å². The molecule has 2 aromatic rings. The van der Waals surface area contributed by atoms with Crippen LogP contribution in [0.4, 0.5) is 10.5 Å². The van der Waals surface area contributed by atoms with Crippen LogP contribution in [-0.2, 0) is 4.79 Å². The highest BCUT2D eigenvalue weighted by Crippen LogP contribution is 2.39. The molecule has 3 rings (SSSR count). The average molecular weight is 490 g/mol. The maximum Gasteiger partial charge on any atom is 0.298 e. The minimum absolute atomic E-state index is 0.00671. The van der Waals surface area contributed by atoms with Crippen molar-refractivity contribution in [2.75, 3.05) is 4.90 Å². The van der Waals surface area contributed by atoms with Crippen molar-refractivity contribution < 1.29 is 14.7 Å². The van der Waals surface area contributed by atoms with E-state index in [9.17, 15) is 14.7 Å². The van der Waals surface area contributed by atoms with E-state index in [2.05, 4.69) is 31.9 Å². The van der Waals surface area contributed by atoms with Crippen molar-refractivity contribution in [1.82, 2.24) is 0 Å². The molecule has 0 bridgehead atoms. The molecule has 4 nitrogen and oxygen atoms in total. The molecule has 0 unspecified atom stereocenters. The summed E-state index contributed by atoms with van der Waals surface area (Å²) in [7, 11) is 0. The van der Waals surface area contributed by atoms with E-state index >= 15 is 0 Å². The van der Waals surface area contributed by atoms with Gasteiger partial charge in [0.15, 0.2) is 0 Å². The summed E-state index contributed by atoms with van der Waals surface area (Å²) in [5, 5.41) is 10.1. The number of thioether (sulfide) groups is 1. The van der Waals surface area contributed by atoms with Crippen molar-refractivity contribution in [3.05, 3.63) is 60.8 Å². The molecule has 0 aromatic heterocycles. The zero-order chi connectivity index (χ0) is 17.4. The molecule has 0 atom stereocenters. The normalized spacial score (nSPS) is 16.3. The van der Waals surface area contributed by atoms with Crippen molar-refractivity contribution in [3.63, 3.8) is 0 Å². The summed E-state index contributed by atoms with van der Waals surface area (Å²) in [6.45, 7) is 0. The number of nitrogens with zero attached hydrogens (tertiary/aromatic N) is 1. The second kappa shape index (κ2) is 6.92. The van der Waals surface area contributed by atoms with Crippen molar-refractivity contribution >= 4 is 78.1 Å². The maximum atomic E-state index is 12.6. The van der Waals surface area contributed by atoms with Gasteiger partial charge in [-0.05, 0) is 64.1 Å². The zero-order valence-corrected chi connectivity index (χ0v) is 16.5. The number of hydrogen-bond donors (Lipinski definition) is 1. The summed E-state index contributed by atoms with van der Waals surface area (Å²) < 4.78 is 1.21. The van der Waals surface area contributed by atoms with Gasteiger partial charge in [0.1, 0.15) is 5.75 Å². The molecule has 24 heavy (non-hydrogen) atoms. The van der Waals surface area contributed by atoms with Gasteiger partial charge in [-0.1, -0.05) is 33.6 Å². The molecule has 2 aromatic carbocycles. The number of imide groups is 1. The summed E-state index contributed by atoms with van der Waals surface area (Å²) in [6.07, 6.45) is 1.49. The van der Waals surface area contributed by atoms with Crippen LogP contribution in [0.1, 0.15) is 5.56 Å². The van der Waals surface area contributed by atoms with Gasteiger partial charge in [-0.25, -0.2) is 4.90 Å². The highest BCUT2D eigenvalue weighted by molar-refractivity contribution is 9.11. The molecule has 1 aliphatic rings. The number of aromatic hydroxyl groups is 1. The minimum Gasteiger partial charge on any atom is -0.506 e. The Kier molecular flexibility index (Phi) is 5.05. The molecular formula is C16H8Br2ClNO3S. The van der Waals surface area contributed by atoms with Gasteiger partial charge in [0.25, 0.3) is 11.1 Å². The number of benzene rings is 2. The maximum absolute atomic E-state index is 12.6. The predicted molar refractivity (Wildman–Crippen MR) is 103 cm³/mol. The van der Waals surface area contributed by atoms with Gasteiger partial charge >= 0.3 is 0 Å². The molecule has 0 radical (unpaired) electrons. The van der Waals surface area contributed by atoms with E-state index in [0.29, 0.717) is 20.7 Å². The van der Waals surface area contributed by atoms with E-state index in [-0.39, 0.29) is 10.7 Å². The second-order valence-corrected chi connectivity index (χ2v) is 8.02. The lowest BCUT2D eigenvalue weighted by Crippen LogP contribution is -2.27. The Morgan fingerprint density at radius 3 is 2.62 bits per heavy atom. The van der Waals surface area contributed by atoms with E-state index in [4.69, 9.17) is 11.6 Å². The molecule has 1 N–H and O–H groups in total. The lowest BCUT2D eigenvalue weighted by molar-refractivity contribution is -0.113. The average Bonchev–Trinajstić information content (AvgIpc) is 2.78. The van der Waals surface area contributed by atoms with E-state index in [1.807, 2.05) is 0 Å². The zero-order valence-electron chi connectivity index (χ0n) is 11.8. The lowest BCUT2D eigenvalue weighted by Gasteiger charge is -2.12. The van der Waals surface area contributed by atoms with Crippen LogP contribution in [0.25, 0.3) is 6.08 Å². The first-order valence-electron chi connectivity index (χ1n) is 6.58. The van der Waals surface area contributed by atoms with Crippen LogP contribution in [0.15, 0.2) is 50.2 Å².